The van der Waals surface area contributed by atoms with Gasteiger partial charge in [0.15, 0.2) is 0 Å². The summed E-state index contributed by atoms with van der Waals surface area (Å²) in [7, 11) is 1.61. The lowest BCUT2D eigenvalue weighted by Crippen LogP contribution is -2.21. The zero-order chi connectivity index (χ0) is 13.8. The van der Waals surface area contributed by atoms with Crippen molar-refractivity contribution in [2.75, 3.05) is 12.4 Å². The fourth-order valence-corrected chi connectivity index (χ4v) is 1.72. The normalized spacial score (nSPS) is 10.2. The van der Waals surface area contributed by atoms with Crippen LogP contribution in [0.5, 0.6) is 0 Å². The van der Waals surface area contributed by atoms with Crippen LogP contribution < -0.4 is 10.9 Å². The number of nitrogens with one attached hydrogen (secondary N) is 1. The van der Waals surface area contributed by atoms with Crippen LogP contribution >= 0.6 is 0 Å². The van der Waals surface area contributed by atoms with E-state index in [0.717, 1.165) is 5.56 Å². The molecule has 0 unspecified atom stereocenters. The smallest absolute Gasteiger partial charge is 0.292 e. The van der Waals surface area contributed by atoms with Crippen molar-refractivity contribution in [2.45, 2.75) is 6.54 Å². The van der Waals surface area contributed by atoms with Gasteiger partial charge in [-0.15, -0.1) is 0 Å². The quantitative estimate of drug-likeness (QED) is 0.659. The Morgan fingerprint density at radius 1 is 1.42 bits per heavy atom. The summed E-state index contributed by atoms with van der Waals surface area (Å²) < 4.78 is 1.29. The van der Waals surface area contributed by atoms with Crippen LogP contribution in [0, 0.1) is 10.1 Å². The molecule has 0 aliphatic carbocycles. The molecule has 2 rings (SSSR count). The van der Waals surface area contributed by atoms with Crippen molar-refractivity contribution in [3.8, 4) is 0 Å². The molecule has 0 saturated heterocycles. The van der Waals surface area contributed by atoms with E-state index in [1.807, 2.05) is 0 Å². The Morgan fingerprint density at radius 3 is 2.84 bits per heavy atom. The van der Waals surface area contributed by atoms with Crippen molar-refractivity contribution in [1.29, 1.82) is 0 Å². The van der Waals surface area contributed by atoms with E-state index in [1.54, 1.807) is 25.2 Å². The number of benzene rings is 1. The lowest BCUT2D eigenvalue weighted by Gasteiger charge is -2.07. The molecule has 2 aromatic rings. The van der Waals surface area contributed by atoms with E-state index in [9.17, 15) is 14.9 Å². The summed E-state index contributed by atoms with van der Waals surface area (Å²) in [6, 6.07) is 7.64. The zero-order valence-electron chi connectivity index (χ0n) is 10.2. The van der Waals surface area contributed by atoms with Crippen molar-refractivity contribution in [1.82, 2.24) is 9.78 Å². The van der Waals surface area contributed by atoms with Gasteiger partial charge in [-0.05, 0) is 17.7 Å². The highest BCUT2D eigenvalue weighted by Gasteiger charge is 2.13. The van der Waals surface area contributed by atoms with E-state index < -0.39 is 4.92 Å². The zero-order valence-corrected chi connectivity index (χ0v) is 10.2. The number of hydrogen-bond acceptors (Lipinski definition) is 5. The first kappa shape index (κ1) is 12.7. The minimum absolute atomic E-state index is 0.000354. The summed E-state index contributed by atoms with van der Waals surface area (Å²) in [4.78, 5) is 21.9. The number of aromatic nitrogens is 2. The number of rotatable bonds is 4. The van der Waals surface area contributed by atoms with Gasteiger partial charge in [0.2, 0.25) is 0 Å². The number of nitro groups is 1. The average Bonchev–Trinajstić information content (AvgIpc) is 2.41. The summed E-state index contributed by atoms with van der Waals surface area (Å²) >= 11 is 0. The molecule has 0 spiro atoms. The number of anilines is 1. The van der Waals surface area contributed by atoms with Crippen molar-refractivity contribution >= 4 is 11.4 Å². The van der Waals surface area contributed by atoms with Gasteiger partial charge in [-0.2, -0.15) is 5.10 Å². The molecule has 98 valence electrons. The molecule has 1 N–H and O–H groups in total. The van der Waals surface area contributed by atoms with Gasteiger partial charge >= 0.3 is 0 Å². The van der Waals surface area contributed by atoms with Gasteiger partial charge in [-0.1, -0.05) is 6.07 Å². The third-order valence-electron chi connectivity index (χ3n) is 2.64. The molecule has 0 radical (unpaired) electrons. The maximum Gasteiger partial charge on any atom is 0.292 e. The fourth-order valence-electron chi connectivity index (χ4n) is 1.72. The summed E-state index contributed by atoms with van der Waals surface area (Å²) in [5, 5.41) is 17.5. The number of nitrogens with zero attached hydrogens (tertiary/aromatic N) is 3. The fraction of sp³-hybridized carbons (Fsp3) is 0.167. The van der Waals surface area contributed by atoms with Crippen LogP contribution in [0.4, 0.5) is 11.4 Å². The third-order valence-corrected chi connectivity index (χ3v) is 2.64. The molecule has 7 nitrogen and oxygen atoms in total. The van der Waals surface area contributed by atoms with Crippen LogP contribution in [0.1, 0.15) is 5.56 Å². The first-order chi connectivity index (χ1) is 9.11. The van der Waals surface area contributed by atoms with Gasteiger partial charge < -0.3 is 5.32 Å². The Morgan fingerprint density at radius 2 is 2.21 bits per heavy atom. The van der Waals surface area contributed by atoms with E-state index in [2.05, 4.69) is 10.4 Å². The molecular weight excluding hydrogens is 248 g/mol. The van der Waals surface area contributed by atoms with Crippen molar-refractivity contribution in [3.05, 3.63) is 62.6 Å². The Bertz CT molecular complexity index is 666. The Kier molecular flexibility index (Phi) is 3.56. The molecule has 7 heteroatoms. The second-order valence-corrected chi connectivity index (χ2v) is 3.88. The largest absolute Gasteiger partial charge is 0.383 e. The number of hydrogen-bond donors (Lipinski definition) is 1. The topological polar surface area (TPSA) is 90.1 Å². The molecule has 0 atom stereocenters. The monoisotopic (exact) mass is 260 g/mol. The van der Waals surface area contributed by atoms with Crippen LogP contribution in [0.3, 0.4) is 0 Å². The Hall–Kier alpha value is -2.70. The second-order valence-electron chi connectivity index (χ2n) is 3.88. The van der Waals surface area contributed by atoms with E-state index >= 15 is 0 Å². The molecule has 0 aliphatic heterocycles. The van der Waals surface area contributed by atoms with Crippen LogP contribution in [0.2, 0.25) is 0 Å². The average molecular weight is 260 g/mol. The first-order valence-electron chi connectivity index (χ1n) is 5.59. The molecule has 0 fully saturated rings. The van der Waals surface area contributed by atoms with Gasteiger partial charge in [0.05, 0.1) is 11.5 Å². The van der Waals surface area contributed by atoms with Crippen LogP contribution in [0.15, 0.2) is 41.3 Å². The molecule has 1 heterocycles. The van der Waals surface area contributed by atoms with E-state index in [4.69, 9.17) is 0 Å². The van der Waals surface area contributed by atoms with Crippen molar-refractivity contribution < 1.29 is 4.92 Å². The van der Waals surface area contributed by atoms with Crippen molar-refractivity contribution in [2.24, 2.45) is 0 Å². The molecule has 0 aliphatic rings. The van der Waals surface area contributed by atoms with Gasteiger partial charge in [-0.25, -0.2) is 4.68 Å². The van der Waals surface area contributed by atoms with E-state index in [-0.39, 0.29) is 17.8 Å². The maximum atomic E-state index is 11.5. The van der Waals surface area contributed by atoms with Gasteiger partial charge in [0.25, 0.3) is 11.2 Å². The number of nitro benzene ring substituents is 1. The van der Waals surface area contributed by atoms with Gasteiger partial charge in [-0.3, -0.25) is 14.9 Å². The second kappa shape index (κ2) is 5.30. The molecule has 19 heavy (non-hydrogen) atoms. The van der Waals surface area contributed by atoms with E-state index in [0.29, 0.717) is 5.69 Å². The van der Waals surface area contributed by atoms with Crippen molar-refractivity contribution in [3.63, 3.8) is 0 Å². The summed E-state index contributed by atoms with van der Waals surface area (Å²) in [6.07, 6.45) is 1.52. The summed E-state index contributed by atoms with van der Waals surface area (Å²) in [5.41, 5.74) is 0.953. The summed E-state index contributed by atoms with van der Waals surface area (Å²) in [5.74, 6) is 0. The lowest BCUT2D eigenvalue weighted by molar-refractivity contribution is -0.383. The maximum absolute atomic E-state index is 11.5. The highest BCUT2D eigenvalue weighted by atomic mass is 16.6. The molecule has 1 aromatic carbocycles. The van der Waals surface area contributed by atoms with Crippen LogP contribution in [-0.2, 0) is 6.54 Å². The van der Waals surface area contributed by atoms with Crippen LogP contribution in [0.25, 0.3) is 0 Å². The van der Waals surface area contributed by atoms with E-state index in [1.165, 1.54) is 23.0 Å². The minimum atomic E-state index is -0.456. The molecular formula is C12H12N4O3. The summed E-state index contributed by atoms with van der Waals surface area (Å²) in [6.45, 7) is 0.270. The lowest BCUT2D eigenvalue weighted by atomic mass is 10.1. The minimum Gasteiger partial charge on any atom is -0.383 e. The predicted molar refractivity (Wildman–Crippen MR) is 70.2 cm³/mol. The van der Waals surface area contributed by atoms with Gasteiger partial charge in [0.1, 0.15) is 5.69 Å². The predicted octanol–water partition coefficient (Wildman–Crippen LogP) is 1.24. The Labute approximate surface area is 108 Å². The molecule has 1 aromatic heterocycles. The highest BCUT2D eigenvalue weighted by Crippen LogP contribution is 2.24. The standard InChI is InChI=1S/C12H12N4O3/c1-13-10-7-9(4-5-11(10)16(18)19)8-15-12(17)3-2-6-14-15/h2-7,13H,8H2,1H3. The van der Waals surface area contributed by atoms with Gasteiger partial charge in [0, 0.05) is 25.4 Å². The molecule has 0 amide bonds. The Balaban J connectivity index is 2.35. The first-order valence-corrected chi connectivity index (χ1v) is 5.59. The SMILES string of the molecule is CNc1cc(Cn2ncccc2=O)ccc1[N+](=O)[O-]. The molecule has 0 saturated carbocycles. The molecule has 0 bridgehead atoms. The van der Waals surface area contributed by atoms with Crippen LogP contribution in [-0.4, -0.2) is 21.8 Å². The third kappa shape index (κ3) is 2.76. The highest BCUT2D eigenvalue weighted by molar-refractivity contribution is 5.62.